The lowest BCUT2D eigenvalue weighted by molar-refractivity contribution is -0.129. The van der Waals surface area contributed by atoms with Crippen molar-refractivity contribution in [2.75, 3.05) is 33.1 Å². The van der Waals surface area contributed by atoms with Crippen molar-refractivity contribution < 1.29 is 27.5 Å². The third-order valence-corrected chi connectivity index (χ3v) is 6.44. The summed E-state index contributed by atoms with van der Waals surface area (Å²) < 4.78 is 34.5. The predicted molar refractivity (Wildman–Crippen MR) is 132 cm³/mol. The van der Waals surface area contributed by atoms with Crippen molar-refractivity contribution in [1.82, 2.24) is 4.90 Å². The molecule has 0 aliphatic rings. The van der Waals surface area contributed by atoms with E-state index in [2.05, 4.69) is 6.92 Å². The molecule has 0 heterocycles. The normalized spacial score (nSPS) is 11.1. The van der Waals surface area contributed by atoms with Crippen LogP contribution in [0.25, 0.3) is 0 Å². The fourth-order valence-electron chi connectivity index (χ4n) is 3.25. The first-order valence-corrected chi connectivity index (χ1v) is 13.5. The molecule has 0 fully saturated rings. The molecule has 34 heavy (non-hydrogen) atoms. The number of benzene rings is 2. The number of carbonyl (C=O) groups excluding carboxylic acids is 2. The molecule has 1 amide bonds. The first-order chi connectivity index (χ1) is 16.2. The van der Waals surface area contributed by atoms with E-state index in [1.807, 2.05) is 0 Å². The lowest BCUT2D eigenvalue weighted by Crippen LogP contribution is -2.29. The van der Waals surface area contributed by atoms with Crippen LogP contribution in [0.3, 0.4) is 0 Å². The van der Waals surface area contributed by atoms with Crippen LogP contribution in [0, 0.1) is 0 Å². The SMILES string of the molecule is CCCCCOc1ccc(C(=O)CCC(=O)N(C)CCCOc2cccc(S(C)(=O)=O)c2)cc1. The number of sulfone groups is 1. The van der Waals surface area contributed by atoms with Crippen LogP contribution in [0.5, 0.6) is 11.5 Å². The highest BCUT2D eigenvalue weighted by Gasteiger charge is 2.13. The van der Waals surface area contributed by atoms with Gasteiger partial charge in [0.1, 0.15) is 11.5 Å². The third-order valence-electron chi connectivity index (χ3n) is 5.32. The number of unbranched alkanes of at least 4 members (excludes halogenated alkanes) is 2. The maximum atomic E-state index is 12.4. The van der Waals surface area contributed by atoms with Crippen LogP contribution in [0.4, 0.5) is 0 Å². The standard InChI is InChI=1S/C26H35NO6S/c1-4-5-6-18-32-22-13-11-21(12-14-22)25(28)15-16-26(29)27(2)17-8-19-33-23-9-7-10-24(20-23)34(3,30)31/h7,9-14,20H,4-6,8,15-19H2,1-3H3. The topological polar surface area (TPSA) is 90.0 Å². The second kappa shape index (κ2) is 13.7. The minimum Gasteiger partial charge on any atom is -0.494 e. The molecule has 2 aromatic carbocycles. The highest BCUT2D eigenvalue weighted by atomic mass is 32.2. The Bertz CT molecular complexity index is 1030. The Balaban J connectivity index is 1.69. The Kier molecular flexibility index (Phi) is 11.1. The zero-order valence-electron chi connectivity index (χ0n) is 20.3. The fraction of sp³-hybridized carbons (Fsp3) is 0.462. The van der Waals surface area contributed by atoms with E-state index < -0.39 is 9.84 Å². The highest BCUT2D eigenvalue weighted by Crippen LogP contribution is 2.18. The summed E-state index contributed by atoms with van der Waals surface area (Å²) in [5.41, 5.74) is 0.570. The van der Waals surface area contributed by atoms with Gasteiger partial charge >= 0.3 is 0 Å². The van der Waals surface area contributed by atoms with Crippen molar-refractivity contribution in [1.29, 1.82) is 0 Å². The summed E-state index contributed by atoms with van der Waals surface area (Å²) in [7, 11) is -1.59. The van der Waals surface area contributed by atoms with Crippen molar-refractivity contribution in [2.45, 2.75) is 50.3 Å². The van der Waals surface area contributed by atoms with Gasteiger partial charge in [-0.1, -0.05) is 25.8 Å². The van der Waals surface area contributed by atoms with Crippen molar-refractivity contribution in [3.05, 3.63) is 54.1 Å². The zero-order chi connectivity index (χ0) is 25.0. The Morgan fingerprint density at radius 1 is 0.882 bits per heavy atom. The van der Waals surface area contributed by atoms with E-state index in [-0.39, 0.29) is 29.4 Å². The number of Topliss-reactive ketones (excluding diaryl/α,β-unsaturated/α-hetero) is 1. The number of hydrogen-bond acceptors (Lipinski definition) is 6. The number of amides is 1. The molecule has 8 heteroatoms. The second-order valence-electron chi connectivity index (χ2n) is 8.27. The average Bonchev–Trinajstić information content (AvgIpc) is 2.82. The predicted octanol–water partition coefficient (Wildman–Crippen LogP) is 4.55. The van der Waals surface area contributed by atoms with Crippen molar-refractivity contribution in [3.8, 4) is 11.5 Å². The van der Waals surface area contributed by atoms with Crippen LogP contribution in [0.1, 0.15) is 55.8 Å². The van der Waals surface area contributed by atoms with Crippen LogP contribution in [0.15, 0.2) is 53.4 Å². The van der Waals surface area contributed by atoms with E-state index in [9.17, 15) is 18.0 Å². The molecule has 0 unspecified atom stereocenters. The van der Waals surface area contributed by atoms with Crippen molar-refractivity contribution in [3.63, 3.8) is 0 Å². The van der Waals surface area contributed by atoms with Gasteiger partial charge in [0.05, 0.1) is 18.1 Å². The molecule has 0 atom stereocenters. The van der Waals surface area contributed by atoms with Crippen LogP contribution >= 0.6 is 0 Å². The van der Waals surface area contributed by atoms with Crippen LogP contribution < -0.4 is 9.47 Å². The smallest absolute Gasteiger partial charge is 0.222 e. The minimum atomic E-state index is -3.29. The molecule has 0 N–H and O–H groups in total. The van der Waals surface area contributed by atoms with Crippen molar-refractivity contribution in [2.24, 2.45) is 0 Å². The molecule has 0 saturated heterocycles. The zero-order valence-corrected chi connectivity index (χ0v) is 21.1. The lowest BCUT2D eigenvalue weighted by Gasteiger charge is -2.17. The molecule has 0 saturated carbocycles. The van der Waals surface area contributed by atoms with E-state index in [0.29, 0.717) is 37.5 Å². The average molecular weight is 490 g/mol. The fourth-order valence-corrected chi connectivity index (χ4v) is 3.90. The Morgan fingerprint density at radius 3 is 2.24 bits per heavy atom. The van der Waals surface area contributed by atoms with Crippen LogP contribution in [-0.2, 0) is 14.6 Å². The van der Waals surface area contributed by atoms with Gasteiger partial charge in [-0.3, -0.25) is 9.59 Å². The summed E-state index contributed by atoms with van der Waals surface area (Å²) in [6.07, 6.45) is 5.30. The number of rotatable bonds is 15. The lowest BCUT2D eigenvalue weighted by atomic mass is 10.1. The number of hydrogen-bond donors (Lipinski definition) is 0. The molecular weight excluding hydrogens is 454 g/mol. The van der Waals surface area contributed by atoms with Gasteiger partial charge in [-0.2, -0.15) is 0 Å². The highest BCUT2D eigenvalue weighted by molar-refractivity contribution is 7.90. The first-order valence-electron chi connectivity index (χ1n) is 11.6. The summed E-state index contributed by atoms with van der Waals surface area (Å²) in [6, 6.07) is 13.4. The van der Waals surface area contributed by atoms with Crippen LogP contribution in [0.2, 0.25) is 0 Å². The van der Waals surface area contributed by atoms with Gasteiger partial charge in [0.15, 0.2) is 15.6 Å². The molecule has 0 aliphatic heterocycles. The van der Waals surface area contributed by atoms with Gasteiger partial charge in [0.2, 0.25) is 5.91 Å². The number of carbonyl (C=O) groups is 2. The van der Waals surface area contributed by atoms with Crippen LogP contribution in [-0.4, -0.2) is 58.1 Å². The Morgan fingerprint density at radius 2 is 1.56 bits per heavy atom. The number of ketones is 1. The quantitative estimate of drug-likeness (QED) is 0.269. The van der Waals surface area contributed by atoms with Gasteiger partial charge in [0.25, 0.3) is 0 Å². The molecule has 7 nitrogen and oxygen atoms in total. The summed E-state index contributed by atoms with van der Waals surface area (Å²) in [5, 5.41) is 0. The largest absolute Gasteiger partial charge is 0.494 e. The van der Waals surface area contributed by atoms with E-state index in [1.54, 1.807) is 48.3 Å². The molecule has 0 radical (unpaired) electrons. The van der Waals surface area contributed by atoms with Gasteiger partial charge in [0, 0.05) is 38.3 Å². The van der Waals surface area contributed by atoms with Gasteiger partial charge < -0.3 is 14.4 Å². The van der Waals surface area contributed by atoms with E-state index >= 15 is 0 Å². The molecule has 186 valence electrons. The summed E-state index contributed by atoms with van der Waals surface area (Å²) in [4.78, 5) is 26.6. The monoisotopic (exact) mass is 489 g/mol. The molecule has 0 bridgehead atoms. The Hall–Kier alpha value is -2.87. The first kappa shape index (κ1) is 27.4. The maximum absolute atomic E-state index is 12.4. The maximum Gasteiger partial charge on any atom is 0.222 e. The minimum absolute atomic E-state index is 0.0756. The van der Waals surface area contributed by atoms with E-state index in [1.165, 1.54) is 12.1 Å². The van der Waals surface area contributed by atoms with Gasteiger partial charge in [-0.25, -0.2) is 8.42 Å². The van der Waals surface area contributed by atoms with E-state index in [4.69, 9.17) is 9.47 Å². The summed E-state index contributed by atoms with van der Waals surface area (Å²) in [5.74, 6) is 1.03. The molecular formula is C26H35NO6S. The molecule has 2 rings (SSSR count). The van der Waals surface area contributed by atoms with Gasteiger partial charge in [-0.05, 0) is 55.3 Å². The molecule has 0 aromatic heterocycles. The number of ether oxygens (including phenoxy) is 2. The molecule has 2 aromatic rings. The third kappa shape index (κ3) is 9.55. The second-order valence-corrected chi connectivity index (χ2v) is 10.3. The summed E-state index contributed by atoms with van der Waals surface area (Å²) in [6.45, 7) is 3.63. The van der Waals surface area contributed by atoms with Crippen molar-refractivity contribution >= 4 is 21.5 Å². The molecule has 0 aliphatic carbocycles. The van der Waals surface area contributed by atoms with Gasteiger partial charge in [-0.15, -0.1) is 0 Å². The number of nitrogens with zero attached hydrogens (tertiary/aromatic N) is 1. The van der Waals surface area contributed by atoms with E-state index in [0.717, 1.165) is 31.3 Å². The molecule has 0 spiro atoms. The summed E-state index contributed by atoms with van der Waals surface area (Å²) >= 11 is 0. The Labute approximate surface area is 203 Å².